The second-order valence-electron chi connectivity index (χ2n) is 5.74. The lowest BCUT2D eigenvalue weighted by Crippen LogP contribution is -2.22. The molecule has 0 saturated carbocycles. The molecule has 1 amide bonds. The zero-order valence-corrected chi connectivity index (χ0v) is 15.4. The summed E-state index contributed by atoms with van der Waals surface area (Å²) < 4.78 is 5.34. The maximum absolute atomic E-state index is 12.6. The van der Waals surface area contributed by atoms with Gasteiger partial charge in [0.1, 0.15) is 5.75 Å². The average molecular weight is 367 g/mol. The van der Waals surface area contributed by atoms with Gasteiger partial charge in [0.25, 0.3) is 5.91 Å². The fraction of sp³-hybridized carbons (Fsp3) is 0.150. The van der Waals surface area contributed by atoms with E-state index in [0.29, 0.717) is 6.54 Å². The molecule has 0 radical (unpaired) electrons. The molecule has 3 aromatic rings. The van der Waals surface area contributed by atoms with Gasteiger partial charge in [0, 0.05) is 33.2 Å². The van der Waals surface area contributed by atoms with Gasteiger partial charge in [-0.25, -0.2) is 0 Å². The quantitative estimate of drug-likeness (QED) is 0.708. The number of methoxy groups -OCH3 is 1. The number of amides is 1. The van der Waals surface area contributed by atoms with Crippen molar-refractivity contribution in [1.29, 1.82) is 0 Å². The second kappa shape index (κ2) is 6.94. The lowest BCUT2D eigenvalue weighted by molar-refractivity contribution is 0.0954. The number of carbonyl (C=O) groups excluding carboxylic acids is 1. The normalized spacial score (nSPS) is 12.2. The molecule has 0 unspecified atom stereocenters. The van der Waals surface area contributed by atoms with E-state index < -0.39 is 0 Å². The summed E-state index contributed by atoms with van der Waals surface area (Å²) in [6.07, 6.45) is 0. The first-order chi connectivity index (χ1) is 12.3. The number of hydrogen-bond donors (Lipinski definition) is 1. The fourth-order valence-corrected chi connectivity index (χ4v) is 5.25. The Kier molecular flexibility index (Phi) is 4.51. The molecular formula is C20H17NO2S2. The van der Waals surface area contributed by atoms with E-state index in [9.17, 15) is 4.79 Å². The summed E-state index contributed by atoms with van der Waals surface area (Å²) in [4.78, 5) is 15.9. The number of nitrogens with one attached hydrogen (secondary N) is 1. The van der Waals surface area contributed by atoms with Crippen molar-refractivity contribution in [2.24, 2.45) is 0 Å². The zero-order valence-electron chi connectivity index (χ0n) is 13.7. The van der Waals surface area contributed by atoms with Gasteiger partial charge in [-0.1, -0.05) is 36.4 Å². The number of thiophene rings is 1. The summed E-state index contributed by atoms with van der Waals surface area (Å²) in [6, 6.07) is 18.2. The number of fused-ring (bicyclic) bond motifs is 3. The smallest absolute Gasteiger partial charge is 0.261 e. The Morgan fingerprint density at radius 3 is 2.84 bits per heavy atom. The van der Waals surface area contributed by atoms with Gasteiger partial charge in [-0.2, -0.15) is 0 Å². The van der Waals surface area contributed by atoms with E-state index in [1.54, 1.807) is 18.4 Å². The Labute approximate surface area is 155 Å². The summed E-state index contributed by atoms with van der Waals surface area (Å²) in [6.45, 7) is 0.455. The standard InChI is InChI=1S/C20H17NO2S2/c1-23-16-8-4-2-6-13(16)11-21-20(22)18-10-14-12-24-17-9-5-3-7-15(17)19(14)25-18/h2-10H,11-12H2,1H3,(H,21,22). The van der Waals surface area contributed by atoms with Crippen LogP contribution in [0.5, 0.6) is 5.75 Å². The molecule has 1 aromatic heterocycles. The molecule has 0 spiro atoms. The monoisotopic (exact) mass is 367 g/mol. The summed E-state index contributed by atoms with van der Waals surface area (Å²) in [5, 5.41) is 3.01. The van der Waals surface area contributed by atoms with E-state index >= 15 is 0 Å². The highest BCUT2D eigenvalue weighted by Gasteiger charge is 2.21. The van der Waals surface area contributed by atoms with E-state index in [4.69, 9.17) is 4.74 Å². The van der Waals surface area contributed by atoms with E-state index in [2.05, 4.69) is 29.6 Å². The third-order valence-corrected chi connectivity index (χ3v) is 6.51. The summed E-state index contributed by atoms with van der Waals surface area (Å²) in [5.41, 5.74) is 3.46. The molecular weight excluding hydrogens is 350 g/mol. The molecule has 0 fully saturated rings. The van der Waals surface area contributed by atoms with Crippen LogP contribution in [0.2, 0.25) is 0 Å². The molecule has 0 saturated heterocycles. The average Bonchev–Trinajstić information content (AvgIpc) is 3.11. The molecule has 126 valence electrons. The summed E-state index contributed by atoms with van der Waals surface area (Å²) in [7, 11) is 1.64. The number of thioether (sulfide) groups is 1. The molecule has 1 aliphatic heterocycles. The summed E-state index contributed by atoms with van der Waals surface area (Å²) in [5.74, 6) is 1.68. The van der Waals surface area contributed by atoms with E-state index in [1.807, 2.05) is 42.1 Å². The van der Waals surface area contributed by atoms with Crippen molar-refractivity contribution in [3.63, 3.8) is 0 Å². The molecule has 25 heavy (non-hydrogen) atoms. The SMILES string of the molecule is COc1ccccc1CNC(=O)c1cc2c(s1)-c1ccccc1SC2. The van der Waals surface area contributed by atoms with Gasteiger partial charge in [-0.3, -0.25) is 4.79 Å². The van der Waals surface area contributed by atoms with Crippen LogP contribution in [0.25, 0.3) is 10.4 Å². The minimum Gasteiger partial charge on any atom is -0.496 e. The number of benzene rings is 2. The third kappa shape index (κ3) is 3.17. The molecule has 5 heteroatoms. The lowest BCUT2D eigenvalue weighted by atomic mass is 10.1. The van der Waals surface area contributed by atoms with Gasteiger partial charge in [0.2, 0.25) is 0 Å². The zero-order chi connectivity index (χ0) is 17.2. The van der Waals surface area contributed by atoms with Crippen LogP contribution in [0.1, 0.15) is 20.8 Å². The fourth-order valence-electron chi connectivity index (χ4n) is 2.92. The predicted octanol–water partition coefficient (Wildman–Crippen LogP) is 4.96. The molecule has 3 nitrogen and oxygen atoms in total. The van der Waals surface area contributed by atoms with Crippen LogP contribution >= 0.6 is 23.1 Å². The Morgan fingerprint density at radius 1 is 1.16 bits per heavy atom. The highest BCUT2D eigenvalue weighted by Crippen LogP contribution is 2.45. The van der Waals surface area contributed by atoms with Gasteiger partial charge in [0.15, 0.2) is 0 Å². The molecule has 1 N–H and O–H groups in total. The van der Waals surface area contributed by atoms with Crippen LogP contribution in [0, 0.1) is 0 Å². The van der Waals surface area contributed by atoms with Crippen molar-refractivity contribution in [1.82, 2.24) is 5.32 Å². The number of hydrogen-bond acceptors (Lipinski definition) is 4. The van der Waals surface area contributed by atoms with E-state index in [-0.39, 0.29) is 5.91 Å². The molecule has 2 heterocycles. The largest absolute Gasteiger partial charge is 0.496 e. The number of rotatable bonds is 4. The van der Waals surface area contributed by atoms with Crippen LogP contribution in [0.15, 0.2) is 59.5 Å². The van der Waals surface area contributed by atoms with Gasteiger partial charge >= 0.3 is 0 Å². The van der Waals surface area contributed by atoms with Crippen molar-refractivity contribution in [3.8, 4) is 16.2 Å². The Hall–Kier alpha value is -2.24. The first-order valence-electron chi connectivity index (χ1n) is 8.01. The van der Waals surface area contributed by atoms with Gasteiger partial charge < -0.3 is 10.1 Å². The molecule has 0 bridgehead atoms. The van der Waals surface area contributed by atoms with Gasteiger partial charge in [0.05, 0.1) is 12.0 Å². The first-order valence-corrected chi connectivity index (χ1v) is 9.81. The highest BCUT2D eigenvalue weighted by atomic mass is 32.2. The van der Waals surface area contributed by atoms with Crippen LogP contribution in [-0.2, 0) is 12.3 Å². The third-order valence-electron chi connectivity index (χ3n) is 4.18. The molecule has 0 atom stereocenters. The molecule has 2 aromatic carbocycles. The van der Waals surface area contributed by atoms with Gasteiger partial charge in [-0.15, -0.1) is 23.1 Å². The van der Waals surface area contributed by atoms with Crippen LogP contribution in [0.3, 0.4) is 0 Å². The van der Waals surface area contributed by atoms with Gasteiger partial charge in [-0.05, 0) is 23.8 Å². The number of ether oxygens (including phenoxy) is 1. The summed E-state index contributed by atoms with van der Waals surface area (Å²) >= 11 is 3.40. The lowest BCUT2D eigenvalue weighted by Gasteiger charge is -2.14. The highest BCUT2D eigenvalue weighted by molar-refractivity contribution is 7.98. The van der Waals surface area contributed by atoms with Crippen molar-refractivity contribution < 1.29 is 9.53 Å². The van der Waals surface area contributed by atoms with Crippen LogP contribution < -0.4 is 10.1 Å². The second-order valence-corrected chi connectivity index (χ2v) is 7.81. The van der Waals surface area contributed by atoms with E-state index in [0.717, 1.165) is 21.9 Å². The maximum Gasteiger partial charge on any atom is 0.261 e. The van der Waals surface area contributed by atoms with E-state index in [1.165, 1.54) is 20.9 Å². The first kappa shape index (κ1) is 16.2. The number of para-hydroxylation sites is 1. The Morgan fingerprint density at radius 2 is 1.96 bits per heavy atom. The Balaban J connectivity index is 1.54. The van der Waals surface area contributed by atoms with Crippen molar-refractivity contribution in [2.75, 3.05) is 7.11 Å². The number of carbonyl (C=O) groups is 1. The van der Waals surface area contributed by atoms with Crippen molar-refractivity contribution >= 4 is 29.0 Å². The van der Waals surface area contributed by atoms with Crippen molar-refractivity contribution in [3.05, 3.63) is 70.6 Å². The topological polar surface area (TPSA) is 38.3 Å². The maximum atomic E-state index is 12.6. The van der Waals surface area contributed by atoms with Crippen LogP contribution in [0.4, 0.5) is 0 Å². The van der Waals surface area contributed by atoms with Crippen molar-refractivity contribution in [2.45, 2.75) is 17.2 Å². The predicted molar refractivity (Wildman–Crippen MR) is 103 cm³/mol. The molecule has 4 rings (SSSR count). The van der Waals surface area contributed by atoms with Crippen LogP contribution in [-0.4, -0.2) is 13.0 Å². The Bertz CT molecular complexity index is 933. The molecule has 1 aliphatic rings. The molecule has 0 aliphatic carbocycles. The minimum atomic E-state index is -0.0345. The minimum absolute atomic E-state index is 0.0345.